The highest BCUT2D eigenvalue weighted by molar-refractivity contribution is 8.32. The smallest absolute Gasteiger partial charge is 0.407 e. The van der Waals surface area contributed by atoms with Gasteiger partial charge in [-0.15, -0.1) is 0 Å². The molecule has 0 aliphatic carbocycles. The SMILES string of the molecule is CC(C)(C)[C@H](c1cc(-c2cc(F)ccc2F)cn1Cc1ccccc1)N(CC[C@H](NC(=O)OCCS(C)(C)C)C(=O)N[C@H](CN)C(=O)OCCS(C)(C)C)C(=O)CO. The number of amides is 3. The zero-order valence-electron chi connectivity index (χ0n) is 35.3. The van der Waals surface area contributed by atoms with Crippen LogP contribution in [0.2, 0.25) is 0 Å². The summed E-state index contributed by atoms with van der Waals surface area (Å²) in [7, 11) is -1.95. The monoisotopic (exact) mass is 851 g/mol. The number of nitrogens with two attached hydrogens (primary N) is 1. The topological polar surface area (TPSA) is 165 Å². The van der Waals surface area contributed by atoms with Crippen molar-refractivity contribution in [3.05, 3.63) is 83.7 Å². The molecule has 5 N–H and O–H groups in total. The van der Waals surface area contributed by atoms with Crippen molar-refractivity contribution in [3.8, 4) is 11.1 Å². The van der Waals surface area contributed by atoms with E-state index < -0.39 is 85.7 Å². The Labute approximate surface area is 345 Å². The average Bonchev–Trinajstić information content (AvgIpc) is 3.52. The van der Waals surface area contributed by atoms with Crippen molar-refractivity contribution in [2.45, 2.75) is 51.9 Å². The lowest BCUT2D eigenvalue weighted by Crippen LogP contribution is -2.55. The number of alkyl carbamates (subject to hydrolysis) is 1. The van der Waals surface area contributed by atoms with Crippen LogP contribution in [0, 0.1) is 17.0 Å². The fourth-order valence-corrected chi connectivity index (χ4v) is 7.35. The maximum absolute atomic E-state index is 15.2. The second-order valence-corrected chi connectivity index (χ2v) is 26.3. The molecule has 16 heteroatoms. The molecule has 0 fully saturated rings. The number of aromatic nitrogens is 1. The lowest BCUT2D eigenvalue weighted by molar-refractivity contribution is -0.147. The van der Waals surface area contributed by atoms with Crippen LogP contribution in [-0.2, 0) is 30.4 Å². The van der Waals surface area contributed by atoms with Crippen molar-refractivity contribution in [2.75, 3.05) is 82.0 Å². The maximum Gasteiger partial charge on any atom is 0.407 e. The van der Waals surface area contributed by atoms with Crippen LogP contribution in [0.25, 0.3) is 11.1 Å². The van der Waals surface area contributed by atoms with E-state index >= 15 is 4.39 Å². The van der Waals surface area contributed by atoms with E-state index in [4.69, 9.17) is 15.2 Å². The van der Waals surface area contributed by atoms with Crippen LogP contribution in [0.15, 0.2) is 60.8 Å². The van der Waals surface area contributed by atoms with E-state index in [0.29, 0.717) is 29.3 Å². The first-order valence-corrected chi connectivity index (χ1v) is 25.1. The Morgan fingerprint density at radius 1 is 0.879 bits per heavy atom. The van der Waals surface area contributed by atoms with Crippen molar-refractivity contribution < 1.29 is 42.5 Å². The molecule has 0 radical (unpaired) electrons. The molecule has 3 amide bonds. The molecule has 0 saturated carbocycles. The highest BCUT2D eigenvalue weighted by Crippen LogP contribution is 2.41. The van der Waals surface area contributed by atoms with Crippen LogP contribution in [0.3, 0.4) is 0 Å². The van der Waals surface area contributed by atoms with E-state index in [9.17, 15) is 28.7 Å². The normalized spacial score (nSPS) is 14.2. The average molecular weight is 852 g/mol. The molecule has 0 saturated heterocycles. The quantitative estimate of drug-likeness (QED) is 0.112. The molecule has 1 heterocycles. The molecule has 0 aliphatic rings. The van der Waals surface area contributed by atoms with E-state index in [1.54, 1.807) is 12.3 Å². The summed E-state index contributed by atoms with van der Waals surface area (Å²) < 4.78 is 42.4. The molecule has 0 unspecified atom stereocenters. The van der Waals surface area contributed by atoms with Crippen LogP contribution in [0.5, 0.6) is 0 Å². The molecule has 324 valence electrons. The number of aliphatic hydroxyl groups excluding tert-OH is 1. The van der Waals surface area contributed by atoms with Gasteiger partial charge in [-0.2, -0.15) is 0 Å². The van der Waals surface area contributed by atoms with Crippen LogP contribution >= 0.6 is 20.1 Å². The lowest BCUT2D eigenvalue weighted by atomic mass is 9.82. The third-order valence-corrected chi connectivity index (χ3v) is 12.0. The summed E-state index contributed by atoms with van der Waals surface area (Å²) in [6.07, 6.45) is 13.1. The minimum Gasteiger partial charge on any atom is -0.463 e. The third-order valence-electron chi connectivity index (χ3n) is 9.21. The van der Waals surface area contributed by atoms with Crippen LogP contribution in [0.1, 0.15) is 44.5 Å². The number of hydrogen-bond acceptors (Lipinski definition) is 8. The number of carbonyl (C=O) groups excluding carboxylic acids is 4. The van der Waals surface area contributed by atoms with Gasteiger partial charge >= 0.3 is 12.1 Å². The summed E-state index contributed by atoms with van der Waals surface area (Å²) in [5.41, 5.74) is 7.02. The second kappa shape index (κ2) is 21.2. The molecule has 0 spiro atoms. The standard InChI is InChI=1S/C42H63F2N5O7S2/c1-42(2,3)38(36-23-30(32-24-31(43)15-16-33(32)44)27-48(36)26-29-13-11-10-12-14-29)49(37(51)28-50)18-17-34(47-41(54)56-20-22-58(7,8)9)39(52)46-35(25-45)40(53)55-19-21-57(4,5)6/h10-16,23-24,27,34-35,38,50H,17-22,25-26,28,45H2,1-9H3,(H,46,52)(H,47,54)/t34-,35+,38-/m0/s1. The molecule has 0 aliphatic heterocycles. The van der Waals surface area contributed by atoms with Crippen molar-refractivity contribution in [3.63, 3.8) is 0 Å². The second-order valence-electron chi connectivity index (χ2n) is 17.1. The van der Waals surface area contributed by atoms with E-state index in [-0.39, 0.29) is 38.3 Å². The minimum absolute atomic E-state index is 0.0286. The van der Waals surface area contributed by atoms with E-state index in [0.717, 1.165) is 23.8 Å². The van der Waals surface area contributed by atoms with Gasteiger partial charge in [0.2, 0.25) is 11.8 Å². The van der Waals surface area contributed by atoms with Gasteiger partial charge in [0.25, 0.3) is 0 Å². The number of nitrogens with one attached hydrogen (secondary N) is 2. The molecular formula is C42H63F2N5O7S2. The van der Waals surface area contributed by atoms with Gasteiger partial charge in [0.1, 0.15) is 36.9 Å². The lowest BCUT2D eigenvalue weighted by Gasteiger charge is -2.41. The highest BCUT2D eigenvalue weighted by Gasteiger charge is 2.38. The summed E-state index contributed by atoms with van der Waals surface area (Å²) in [6, 6.07) is 11.0. The number of halogens is 2. The Hall–Kier alpha value is -4.12. The number of benzene rings is 2. The molecule has 12 nitrogen and oxygen atoms in total. The highest BCUT2D eigenvalue weighted by atomic mass is 32.3. The Morgan fingerprint density at radius 3 is 2.07 bits per heavy atom. The van der Waals surface area contributed by atoms with E-state index in [1.807, 2.05) is 55.7 Å². The number of aliphatic hydroxyl groups is 1. The summed E-state index contributed by atoms with van der Waals surface area (Å²) >= 11 is 0. The first-order valence-electron chi connectivity index (χ1n) is 19.0. The van der Waals surface area contributed by atoms with Crippen molar-refractivity contribution in [1.82, 2.24) is 20.1 Å². The molecule has 58 heavy (non-hydrogen) atoms. The van der Waals surface area contributed by atoms with Gasteiger partial charge in [-0.05, 0) is 79.2 Å². The molecule has 0 bridgehead atoms. The number of rotatable bonds is 20. The summed E-state index contributed by atoms with van der Waals surface area (Å²) in [4.78, 5) is 55.3. The molecule has 1 aromatic heterocycles. The summed E-state index contributed by atoms with van der Waals surface area (Å²) in [5, 5.41) is 15.5. The Morgan fingerprint density at radius 2 is 1.50 bits per heavy atom. The van der Waals surface area contributed by atoms with Gasteiger partial charge < -0.3 is 40.4 Å². The van der Waals surface area contributed by atoms with Crippen LogP contribution in [0.4, 0.5) is 13.6 Å². The van der Waals surface area contributed by atoms with Gasteiger partial charge in [-0.1, -0.05) is 51.1 Å². The fraction of sp³-hybridized carbons (Fsp3) is 0.524. The van der Waals surface area contributed by atoms with Gasteiger partial charge in [0, 0.05) is 54.2 Å². The number of ether oxygens (including phenoxy) is 2. The largest absolute Gasteiger partial charge is 0.463 e. The number of carbonyl (C=O) groups is 4. The summed E-state index contributed by atoms with van der Waals surface area (Å²) in [6.45, 7) is 4.94. The van der Waals surface area contributed by atoms with E-state index in [1.165, 1.54) is 4.90 Å². The Balaban J connectivity index is 2.05. The molecule has 3 rings (SSSR count). The van der Waals surface area contributed by atoms with Crippen molar-refractivity contribution >= 4 is 43.9 Å². The van der Waals surface area contributed by atoms with Crippen molar-refractivity contribution in [2.24, 2.45) is 11.1 Å². The van der Waals surface area contributed by atoms with Gasteiger partial charge in [0.15, 0.2) is 0 Å². The van der Waals surface area contributed by atoms with Crippen LogP contribution in [-0.4, -0.2) is 132 Å². The zero-order chi connectivity index (χ0) is 43.4. The van der Waals surface area contributed by atoms with Gasteiger partial charge in [-0.3, -0.25) is 9.59 Å². The molecular weight excluding hydrogens is 789 g/mol. The number of nitrogens with zero attached hydrogens (tertiary/aromatic N) is 2. The van der Waals surface area contributed by atoms with E-state index in [2.05, 4.69) is 48.2 Å². The first kappa shape index (κ1) is 48.3. The Bertz CT molecular complexity index is 1840. The number of esters is 1. The first-order chi connectivity index (χ1) is 27.0. The molecule has 2 aromatic carbocycles. The predicted octanol–water partition coefficient (Wildman–Crippen LogP) is 5.25. The van der Waals surface area contributed by atoms with Gasteiger partial charge in [-0.25, -0.2) is 38.4 Å². The predicted molar refractivity (Wildman–Crippen MR) is 232 cm³/mol. The molecule has 3 aromatic rings. The molecule has 3 atom stereocenters. The van der Waals surface area contributed by atoms with Crippen molar-refractivity contribution in [1.29, 1.82) is 0 Å². The maximum atomic E-state index is 15.2. The minimum atomic E-state index is -1.32. The fourth-order valence-electron chi connectivity index (χ4n) is 6.18. The van der Waals surface area contributed by atoms with Gasteiger partial charge in [0.05, 0.1) is 12.6 Å². The van der Waals surface area contributed by atoms with Crippen LogP contribution < -0.4 is 16.4 Å². The zero-order valence-corrected chi connectivity index (χ0v) is 36.9. The Kier molecular flexibility index (Phi) is 17.7. The summed E-state index contributed by atoms with van der Waals surface area (Å²) in [5.74, 6) is -2.12. The third kappa shape index (κ3) is 15.2. The number of hydrogen-bond donors (Lipinski definition) is 4.